The molecule has 2 aromatic rings. The van der Waals surface area contributed by atoms with E-state index in [1.807, 2.05) is 44.2 Å². The third kappa shape index (κ3) is 2.65. The molecule has 0 saturated carbocycles. The summed E-state index contributed by atoms with van der Waals surface area (Å²) in [5.41, 5.74) is 4.32. The predicted octanol–water partition coefficient (Wildman–Crippen LogP) is 3.58. The van der Waals surface area contributed by atoms with Crippen LogP contribution in [0.3, 0.4) is 0 Å². The lowest BCUT2D eigenvalue weighted by Crippen LogP contribution is -2.00. The molecule has 1 heterocycles. The van der Waals surface area contributed by atoms with Crippen molar-refractivity contribution in [2.45, 2.75) is 20.8 Å². The zero-order chi connectivity index (χ0) is 14.0. The Morgan fingerprint density at radius 1 is 1.16 bits per heavy atom. The van der Waals surface area contributed by atoms with Gasteiger partial charge in [0.25, 0.3) is 0 Å². The van der Waals surface area contributed by atoms with E-state index < -0.39 is 0 Å². The van der Waals surface area contributed by atoms with E-state index in [1.54, 1.807) is 14.0 Å². The SMILES string of the molecule is COc1ccc(C)cc1-c1ccc(C(C)=O)c(C)n1. The summed E-state index contributed by atoms with van der Waals surface area (Å²) in [7, 11) is 1.64. The molecular weight excluding hydrogens is 238 g/mol. The van der Waals surface area contributed by atoms with Crippen molar-refractivity contribution in [3.63, 3.8) is 0 Å². The van der Waals surface area contributed by atoms with Gasteiger partial charge in [-0.2, -0.15) is 0 Å². The van der Waals surface area contributed by atoms with Gasteiger partial charge in [-0.3, -0.25) is 9.78 Å². The van der Waals surface area contributed by atoms with E-state index in [0.717, 1.165) is 28.3 Å². The molecule has 0 aliphatic heterocycles. The number of pyridine rings is 1. The van der Waals surface area contributed by atoms with Crippen LogP contribution in [0.25, 0.3) is 11.3 Å². The highest BCUT2D eigenvalue weighted by Crippen LogP contribution is 2.30. The first kappa shape index (κ1) is 13.3. The molecule has 19 heavy (non-hydrogen) atoms. The average Bonchev–Trinajstić information content (AvgIpc) is 2.38. The van der Waals surface area contributed by atoms with Gasteiger partial charge >= 0.3 is 0 Å². The van der Waals surface area contributed by atoms with Crippen LogP contribution in [0.4, 0.5) is 0 Å². The number of carbonyl (C=O) groups excluding carboxylic acids is 1. The van der Waals surface area contributed by atoms with Crippen molar-refractivity contribution < 1.29 is 9.53 Å². The molecule has 1 aromatic carbocycles. The molecule has 0 fully saturated rings. The van der Waals surface area contributed by atoms with Crippen molar-refractivity contribution >= 4 is 5.78 Å². The molecule has 0 unspecified atom stereocenters. The van der Waals surface area contributed by atoms with Crippen LogP contribution in [0.15, 0.2) is 30.3 Å². The summed E-state index contributed by atoms with van der Waals surface area (Å²) < 4.78 is 5.37. The van der Waals surface area contributed by atoms with Crippen LogP contribution in [0.1, 0.15) is 28.5 Å². The Balaban J connectivity index is 2.56. The molecule has 0 N–H and O–H groups in total. The van der Waals surface area contributed by atoms with Crippen molar-refractivity contribution in [1.29, 1.82) is 0 Å². The fourth-order valence-corrected chi connectivity index (χ4v) is 2.11. The number of carbonyl (C=O) groups is 1. The topological polar surface area (TPSA) is 39.2 Å². The van der Waals surface area contributed by atoms with Gasteiger partial charge in [0.15, 0.2) is 5.78 Å². The zero-order valence-corrected chi connectivity index (χ0v) is 11.7. The van der Waals surface area contributed by atoms with Gasteiger partial charge in [0, 0.05) is 16.8 Å². The minimum absolute atomic E-state index is 0.0350. The maximum Gasteiger partial charge on any atom is 0.161 e. The first-order chi connectivity index (χ1) is 9.02. The van der Waals surface area contributed by atoms with Gasteiger partial charge in [-0.05, 0) is 45.0 Å². The summed E-state index contributed by atoms with van der Waals surface area (Å²) in [6.07, 6.45) is 0. The number of methoxy groups -OCH3 is 1. The highest BCUT2D eigenvalue weighted by Gasteiger charge is 2.11. The monoisotopic (exact) mass is 255 g/mol. The highest BCUT2D eigenvalue weighted by molar-refractivity contribution is 5.95. The molecule has 0 bridgehead atoms. The number of Topliss-reactive ketones (excluding diaryl/α,β-unsaturated/α-hetero) is 1. The number of aromatic nitrogens is 1. The average molecular weight is 255 g/mol. The van der Waals surface area contributed by atoms with Crippen LogP contribution < -0.4 is 4.74 Å². The smallest absolute Gasteiger partial charge is 0.161 e. The summed E-state index contributed by atoms with van der Waals surface area (Å²) >= 11 is 0. The van der Waals surface area contributed by atoms with Crippen LogP contribution in [0, 0.1) is 13.8 Å². The summed E-state index contributed by atoms with van der Waals surface area (Å²) in [4.78, 5) is 15.9. The van der Waals surface area contributed by atoms with E-state index >= 15 is 0 Å². The quantitative estimate of drug-likeness (QED) is 0.787. The number of benzene rings is 1. The number of hydrogen-bond acceptors (Lipinski definition) is 3. The van der Waals surface area contributed by atoms with Crippen molar-refractivity contribution in [3.05, 3.63) is 47.2 Å². The molecule has 98 valence electrons. The minimum atomic E-state index is 0.0350. The Bertz CT molecular complexity index is 633. The fraction of sp³-hybridized carbons (Fsp3) is 0.250. The number of ether oxygens (including phenoxy) is 1. The molecule has 2 rings (SSSR count). The second-order valence-electron chi connectivity index (χ2n) is 4.59. The molecule has 0 aliphatic carbocycles. The van der Waals surface area contributed by atoms with E-state index in [1.165, 1.54) is 0 Å². The molecule has 3 heteroatoms. The zero-order valence-electron chi connectivity index (χ0n) is 11.7. The first-order valence-electron chi connectivity index (χ1n) is 6.16. The Morgan fingerprint density at radius 3 is 2.47 bits per heavy atom. The van der Waals surface area contributed by atoms with E-state index in [4.69, 9.17) is 4.74 Å². The van der Waals surface area contributed by atoms with Crippen LogP contribution in [-0.4, -0.2) is 17.9 Å². The van der Waals surface area contributed by atoms with Crippen LogP contribution in [0.5, 0.6) is 5.75 Å². The highest BCUT2D eigenvalue weighted by atomic mass is 16.5. The molecule has 1 aromatic heterocycles. The summed E-state index contributed by atoms with van der Waals surface area (Å²) in [5.74, 6) is 0.820. The number of ketones is 1. The molecule has 0 aliphatic rings. The summed E-state index contributed by atoms with van der Waals surface area (Å²) in [5, 5.41) is 0. The first-order valence-corrected chi connectivity index (χ1v) is 6.16. The van der Waals surface area contributed by atoms with Gasteiger partial charge in [0.05, 0.1) is 12.8 Å². The Labute approximate surface area is 113 Å². The summed E-state index contributed by atoms with van der Waals surface area (Å²) in [6.45, 7) is 5.43. The third-order valence-corrected chi connectivity index (χ3v) is 3.10. The van der Waals surface area contributed by atoms with E-state index in [0.29, 0.717) is 5.56 Å². The lowest BCUT2D eigenvalue weighted by molar-refractivity contribution is 0.101. The van der Waals surface area contributed by atoms with Gasteiger partial charge in [-0.1, -0.05) is 11.6 Å². The van der Waals surface area contributed by atoms with E-state index in [9.17, 15) is 4.79 Å². The van der Waals surface area contributed by atoms with Crippen LogP contribution in [0.2, 0.25) is 0 Å². The third-order valence-electron chi connectivity index (χ3n) is 3.10. The maximum atomic E-state index is 11.4. The Kier molecular flexibility index (Phi) is 3.65. The van der Waals surface area contributed by atoms with Gasteiger partial charge in [0.1, 0.15) is 5.75 Å². The second-order valence-corrected chi connectivity index (χ2v) is 4.59. The second kappa shape index (κ2) is 5.22. The fourth-order valence-electron chi connectivity index (χ4n) is 2.11. The molecular formula is C16H17NO2. The van der Waals surface area contributed by atoms with Gasteiger partial charge in [0.2, 0.25) is 0 Å². The molecule has 0 spiro atoms. The predicted molar refractivity (Wildman–Crippen MR) is 75.7 cm³/mol. The lowest BCUT2D eigenvalue weighted by atomic mass is 10.0. The van der Waals surface area contributed by atoms with Crippen molar-refractivity contribution in [2.75, 3.05) is 7.11 Å². The molecule has 3 nitrogen and oxygen atoms in total. The number of nitrogens with zero attached hydrogens (tertiary/aromatic N) is 1. The van der Waals surface area contributed by atoms with Gasteiger partial charge in [-0.25, -0.2) is 0 Å². The number of aryl methyl sites for hydroxylation is 2. The Morgan fingerprint density at radius 2 is 1.89 bits per heavy atom. The normalized spacial score (nSPS) is 10.3. The van der Waals surface area contributed by atoms with Crippen molar-refractivity contribution in [1.82, 2.24) is 4.98 Å². The van der Waals surface area contributed by atoms with Gasteiger partial charge < -0.3 is 4.74 Å². The van der Waals surface area contributed by atoms with Crippen LogP contribution in [-0.2, 0) is 0 Å². The van der Waals surface area contributed by atoms with E-state index in [2.05, 4.69) is 4.98 Å². The number of rotatable bonds is 3. The van der Waals surface area contributed by atoms with E-state index in [-0.39, 0.29) is 5.78 Å². The number of hydrogen-bond donors (Lipinski definition) is 0. The maximum absolute atomic E-state index is 11.4. The molecule has 0 radical (unpaired) electrons. The molecule has 0 atom stereocenters. The Hall–Kier alpha value is -2.16. The molecule has 0 saturated heterocycles. The van der Waals surface area contributed by atoms with Crippen LogP contribution >= 0.6 is 0 Å². The minimum Gasteiger partial charge on any atom is -0.496 e. The van der Waals surface area contributed by atoms with Crippen molar-refractivity contribution in [2.24, 2.45) is 0 Å². The molecule has 0 amide bonds. The van der Waals surface area contributed by atoms with Crippen molar-refractivity contribution in [3.8, 4) is 17.0 Å². The van der Waals surface area contributed by atoms with Gasteiger partial charge in [-0.15, -0.1) is 0 Å². The largest absolute Gasteiger partial charge is 0.496 e. The lowest BCUT2D eigenvalue weighted by Gasteiger charge is -2.10. The summed E-state index contributed by atoms with van der Waals surface area (Å²) in [6, 6.07) is 9.65. The standard InChI is InChI=1S/C16H17NO2/c1-10-5-8-16(19-4)14(9-10)15-7-6-13(12(3)18)11(2)17-15/h5-9H,1-4H3.